The third-order valence-electron chi connectivity index (χ3n) is 6.22. The molecule has 0 spiro atoms. The number of ether oxygens (including phenoxy) is 1. The lowest BCUT2D eigenvalue weighted by atomic mass is 10.1. The molecule has 0 fully saturated rings. The lowest BCUT2D eigenvalue weighted by Crippen LogP contribution is -2.17. The van der Waals surface area contributed by atoms with Crippen molar-refractivity contribution in [3.05, 3.63) is 100 Å². The Kier molecular flexibility index (Phi) is 6.36. The second-order valence-corrected chi connectivity index (χ2v) is 8.84. The number of benzene rings is 3. The highest BCUT2D eigenvalue weighted by Gasteiger charge is 2.17. The van der Waals surface area contributed by atoms with Gasteiger partial charge in [0.1, 0.15) is 23.3 Å². The lowest BCUT2D eigenvalue weighted by Gasteiger charge is -2.25. The van der Waals surface area contributed by atoms with Crippen molar-refractivity contribution in [2.45, 2.75) is 27.4 Å². The van der Waals surface area contributed by atoms with Gasteiger partial charge in [0.2, 0.25) is 5.89 Å². The van der Waals surface area contributed by atoms with Crippen LogP contribution in [-0.2, 0) is 16.1 Å². The maximum atomic E-state index is 13.0. The van der Waals surface area contributed by atoms with Crippen LogP contribution in [0, 0.1) is 13.8 Å². The summed E-state index contributed by atoms with van der Waals surface area (Å²) >= 11 is 0. The number of carbonyl (C=O) groups is 1. The van der Waals surface area contributed by atoms with Crippen LogP contribution >= 0.6 is 0 Å². The monoisotopic (exact) mass is 494 g/mol. The standard InChI is InChI=1S/C30H26N2O5/c1-5-28(33)35-17-20-8-11-24-27(14-20)36-29(31-24)23-15-21-9-10-22(16-26(21)37-30(23)34)32(6-2)25-12-7-18(3)13-19(25)4/h5,7-16H,1,6,17H2,2-4H3. The second-order valence-electron chi connectivity index (χ2n) is 8.84. The van der Waals surface area contributed by atoms with Crippen LogP contribution in [0.25, 0.3) is 33.5 Å². The van der Waals surface area contributed by atoms with Crippen molar-refractivity contribution in [1.29, 1.82) is 0 Å². The van der Waals surface area contributed by atoms with Gasteiger partial charge >= 0.3 is 11.6 Å². The third kappa shape index (κ3) is 4.76. The molecule has 0 N–H and O–H groups in total. The average Bonchev–Trinajstić information content (AvgIpc) is 3.31. The SMILES string of the molecule is C=CC(=O)OCc1ccc2nc(-c3cc4ccc(N(CC)c5ccc(C)cc5C)cc4oc3=O)oc2c1. The molecule has 0 radical (unpaired) electrons. The summed E-state index contributed by atoms with van der Waals surface area (Å²) in [6, 6.07) is 19.2. The van der Waals surface area contributed by atoms with E-state index >= 15 is 0 Å². The van der Waals surface area contributed by atoms with Gasteiger partial charge in [-0.05, 0) is 68.3 Å². The van der Waals surface area contributed by atoms with Crippen LogP contribution in [0.3, 0.4) is 0 Å². The number of aryl methyl sites for hydroxylation is 2. The van der Waals surface area contributed by atoms with Crippen LogP contribution in [-0.4, -0.2) is 17.5 Å². The topological polar surface area (TPSA) is 85.8 Å². The van der Waals surface area contributed by atoms with Crippen molar-refractivity contribution in [1.82, 2.24) is 4.98 Å². The molecule has 0 aliphatic carbocycles. The highest BCUT2D eigenvalue weighted by Crippen LogP contribution is 2.32. The summed E-state index contributed by atoms with van der Waals surface area (Å²) in [6.45, 7) is 10.5. The zero-order valence-corrected chi connectivity index (χ0v) is 20.9. The zero-order chi connectivity index (χ0) is 26.1. The number of aromatic nitrogens is 1. The van der Waals surface area contributed by atoms with Gasteiger partial charge in [0.25, 0.3) is 0 Å². The average molecular weight is 495 g/mol. The largest absolute Gasteiger partial charge is 0.458 e. The number of oxazole rings is 1. The minimum atomic E-state index is -0.536. The first-order chi connectivity index (χ1) is 17.9. The summed E-state index contributed by atoms with van der Waals surface area (Å²) in [5.41, 5.74) is 6.40. The van der Waals surface area contributed by atoms with Crippen molar-refractivity contribution in [2.24, 2.45) is 0 Å². The number of hydrogen-bond acceptors (Lipinski definition) is 7. The number of esters is 1. The molecule has 0 saturated heterocycles. The molecule has 0 amide bonds. The Morgan fingerprint density at radius 2 is 1.86 bits per heavy atom. The van der Waals surface area contributed by atoms with Crippen LogP contribution in [0.2, 0.25) is 0 Å². The van der Waals surface area contributed by atoms with E-state index in [1.165, 1.54) is 11.1 Å². The summed E-state index contributed by atoms with van der Waals surface area (Å²) in [7, 11) is 0. The fraction of sp³-hybridized carbons (Fsp3) is 0.167. The van der Waals surface area contributed by atoms with E-state index in [0.29, 0.717) is 16.7 Å². The van der Waals surface area contributed by atoms with Crippen molar-refractivity contribution in [3.8, 4) is 11.5 Å². The van der Waals surface area contributed by atoms with Crippen molar-refractivity contribution >= 4 is 39.4 Å². The molecule has 0 aliphatic heterocycles. The summed E-state index contributed by atoms with van der Waals surface area (Å²) in [4.78, 5) is 30.9. The zero-order valence-electron chi connectivity index (χ0n) is 20.9. The first-order valence-corrected chi connectivity index (χ1v) is 12.0. The molecule has 2 heterocycles. The molecule has 7 nitrogen and oxygen atoms in total. The first kappa shape index (κ1) is 24.1. The molecule has 7 heteroatoms. The minimum absolute atomic E-state index is 0.0775. The van der Waals surface area contributed by atoms with Gasteiger partial charge in [-0.2, -0.15) is 0 Å². The normalized spacial score (nSPS) is 11.1. The molecule has 37 heavy (non-hydrogen) atoms. The van der Waals surface area contributed by atoms with Gasteiger partial charge in [0, 0.05) is 35.4 Å². The van der Waals surface area contributed by atoms with E-state index in [9.17, 15) is 9.59 Å². The van der Waals surface area contributed by atoms with Crippen LogP contribution in [0.5, 0.6) is 0 Å². The predicted octanol–water partition coefficient (Wildman–Crippen LogP) is 6.61. The fourth-order valence-corrected chi connectivity index (χ4v) is 4.40. The molecule has 0 atom stereocenters. The van der Waals surface area contributed by atoms with Gasteiger partial charge in [0.15, 0.2) is 5.58 Å². The van der Waals surface area contributed by atoms with E-state index in [2.05, 4.69) is 55.4 Å². The molecular weight excluding hydrogens is 468 g/mol. The number of carbonyl (C=O) groups excluding carboxylic acids is 1. The molecule has 186 valence electrons. The van der Waals surface area contributed by atoms with Crippen molar-refractivity contribution in [3.63, 3.8) is 0 Å². The van der Waals surface area contributed by atoms with E-state index in [4.69, 9.17) is 13.6 Å². The molecule has 0 saturated carbocycles. The van der Waals surface area contributed by atoms with Crippen LogP contribution in [0.15, 0.2) is 86.9 Å². The van der Waals surface area contributed by atoms with Gasteiger partial charge in [-0.15, -0.1) is 0 Å². The summed E-state index contributed by atoms with van der Waals surface area (Å²) < 4.78 is 16.7. The third-order valence-corrected chi connectivity index (χ3v) is 6.22. The minimum Gasteiger partial charge on any atom is -0.458 e. The van der Waals surface area contributed by atoms with Gasteiger partial charge in [-0.25, -0.2) is 14.6 Å². The number of anilines is 2. The Bertz CT molecular complexity index is 1710. The van der Waals surface area contributed by atoms with Crippen LogP contribution < -0.4 is 10.5 Å². The van der Waals surface area contributed by atoms with E-state index < -0.39 is 11.6 Å². The Balaban J connectivity index is 1.48. The van der Waals surface area contributed by atoms with Crippen molar-refractivity contribution in [2.75, 3.05) is 11.4 Å². The lowest BCUT2D eigenvalue weighted by molar-refractivity contribution is -0.138. The molecule has 0 aliphatic rings. The molecule has 0 bridgehead atoms. The van der Waals surface area contributed by atoms with E-state index in [-0.39, 0.29) is 18.1 Å². The molecule has 0 unspecified atom stereocenters. The fourth-order valence-electron chi connectivity index (χ4n) is 4.40. The van der Waals surface area contributed by atoms with Gasteiger partial charge in [0.05, 0.1) is 0 Å². The first-order valence-electron chi connectivity index (χ1n) is 12.0. The van der Waals surface area contributed by atoms with Crippen molar-refractivity contribution < 1.29 is 18.4 Å². The highest BCUT2D eigenvalue weighted by molar-refractivity contribution is 5.86. The van der Waals surface area contributed by atoms with Crippen LogP contribution in [0.4, 0.5) is 11.4 Å². The smallest absolute Gasteiger partial charge is 0.349 e. The van der Waals surface area contributed by atoms with Gasteiger partial charge in [-0.3, -0.25) is 0 Å². The number of nitrogens with zero attached hydrogens (tertiary/aromatic N) is 2. The predicted molar refractivity (Wildman–Crippen MR) is 144 cm³/mol. The van der Waals surface area contributed by atoms with Gasteiger partial charge < -0.3 is 18.5 Å². The van der Waals surface area contributed by atoms with Gasteiger partial charge in [-0.1, -0.05) is 30.3 Å². The quantitative estimate of drug-likeness (QED) is 0.143. The van der Waals surface area contributed by atoms with E-state index in [0.717, 1.165) is 34.9 Å². The van der Waals surface area contributed by atoms with E-state index in [1.807, 2.05) is 18.2 Å². The highest BCUT2D eigenvalue weighted by atomic mass is 16.5. The Hall–Kier alpha value is -4.65. The Labute approximate surface area is 213 Å². The Morgan fingerprint density at radius 3 is 2.62 bits per heavy atom. The number of fused-ring (bicyclic) bond motifs is 2. The van der Waals surface area contributed by atoms with Crippen LogP contribution in [0.1, 0.15) is 23.6 Å². The number of rotatable bonds is 7. The molecular formula is C30H26N2O5. The molecule has 5 aromatic rings. The summed E-state index contributed by atoms with van der Waals surface area (Å²) in [6.07, 6.45) is 1.11. The van der Waals surface area contributed by atoms with E-state index in [1.54, 1.807) is 24.3 Å². The maximum Gasteiger partial charge on any atom is 0.349 e. The number of hydrogen-bond donors (Lipinski definition) is 0. The Morgan fingerprint density at radius 1 is 1.03 bits per heavy atom. The second kappa shape index (κ2) is 9.78. The summed E-state index contributed by atoms with van der Waals surface area (Å²) in [5, 5.41) is 0.759. The molecule has 2 aromatic heterocycles. The maximum absolute atomic E-state index is 13.0. The molecule has 3 aromatic carbocycles. The summed E-state index contributed by atoms with van der Waals surface area (Å²) in [5.74, 6) is -0.341. The molecule has 5 rings (SSSR count).